The summed E-state index contributed by atoms with van der Waals surface area (Å²) in [4.78, 5) is 11.1. The first-order valence-electron chi connectivity index (χ1n) is 5.69. The highest BCUT2D eigenvalue weighted by molar-refractivity contribution is 5.81. The number of hydrogen-bond donors (Lipinski definition) is 2. The average Bonchev–Trinajstić information content (AvgIpc) is 2.31. The molecule has 2 unspecified atom stereocenters. The molecule has 1 aromatic rings. The van der Waals surface area contributed by atoms with Gasteiger partial charge in [0.05, 0.1) is 13.2 Å². The third-order valence-corrected chi connectivity index (χ3v) is 2.77. The summed E-state index contributed by atoms with van der Waals surface area (Å²) in [7, 11) is 1.30. The highest BCUT2D eigenvalue weighted by Crippen LogP contribution is 2.27. The van der Waals surface area contributed by atoms with E-state index in [-0.39, 0.29) is 11.7 Å². The zero-order chi connectivity index (χ0) is 13.7. The molecule has 18 heavy (non-hydrogen) atoms. The van der Waals surface area contributed by atoms with Crippen molar-refractivity contribution in [2.45, 2.75) is 25.9 Å². The number of methoxy groups -OCH3 is 1. The lowest BCUT2D eigenvalue weighted by Gasteiger charge is -2.18. The summed E-state index contributed by atoms with van der Waals surface area (Å²) in [5, 5.41) is 19.1. The zero-order valence-corrected chi connectivity index (χ0v) is 10.8. The van der Waals surface area contributed by atoms with Crippen LogP contribution in [0.5, 0.6) is 5.75 Å². The minimum absolute atomic E-state index is 0.178. The molecule has 0 amide bonds. The van der Waals surface area contributed by atoms with Crippen LogP contribution in [0.15, 0.2) is 30.4 Å². The van der Waals surface area contributed by atoms with Crippen LogP contribution >= 0.6 is 0 Å². The van der Waals surface area contributed by atoms with Crippen LogP contribution in [0.4, 0.5) is 0 Å². The molecule has 2 N–H and O–H groups in total. The maximum absolute atomic E-state index is 11.1. The van der Waals surface area contributed by atoms with Crippen LogP contribution in [-0.4, -0.2) is 29.4 Å². The van der Waals surface area contributed by atoms with Crippen molar-refractivity contribution in [2.75, 3.05) is 7.11 Å². The first kappa shape index (κ1) is 14.3. The smallest absolute Gasteiger partial charge is 0.330 e. The first-order chi connectivity index (χ1) is 8.45. The van der Waals surface area contributed by atoms with Gasteiger partial charge in [-0.2, -0.15) is 0 Å². The Balaban J connectivity index is 3.05. The van der Waals surface area contributed by atoms with Crippen LogP contribution in [0.1, 0.15) is 24.0 Å². The van der Waals surface area contributed by atoms with Gasteiger partial charge in [-0.25, -0.2) is 4.79 Å². The Hall–Kier alpha value is -1.81. The predicted octanol–water partition coefficient (Wildman–Crippen LogP) is 1.89. The fraction of sp³-hybridized carbons (Fsp3) is 0.357. The molecule has 0 aromatic heterocycles. The van der Waals surface area contributed by atoms with E-state index < -0.39 is 12.1 Å². The number of benzene rings is 1. The largest absolute Gasteiger partial charge is 0.508 e. The molecule has 4 nitrogen and oxygen atoms in total. The molecule has 0 bridgehead atoms. The summed E-state index contributed by atoms with van der Waals surface area (Å²) in [6, 6.07) is 4.92. The third-order valence-electron chi connectivity index (χ3n) is 2.77. The Morgan fingerprint density at radius 3 is 2.61 bits per heavy atom. The van der Waals surface area contributed by atoms with Crippen LogP contribution in [0, 0.1) is 6.92 Å². The van der Waals surface area contributed by atoms with E-state index in [1.807, 2.05) is 6.92 Å². The summed E-state index contributed by atoms with van der Waals surface area (Å²) in [6.07, 6.45) is 2.26. The fourth-order valence-corrected chi connectivity index (χ4v) is 1.81. The van der Waals surface area contributed by atoms with Gasteiger partial charge in [0.15, 0.2) is 0 Å². The van der Waals surface area contributed by atoms with E-state index in [9.17, 15) is 15.0 Å². The number of aryl methyl sites for hydroxylation is 1. The molecule has 1 rings (SSSR count). The van der Waals surface area contributed by atoms with Crippen LogP contribution in [0.2, 0.25) is 0 Å². The number of carbonyl (C=O) groups excluding carboxylic acids is 1. The molecule has 1 aromatic carbocycles. The van der Waals surface area contributed by atoms with Crippen molar-refractivity contribution in [3.05, 3.63) is 41.5 Å². The third kappa shape index (κ3) is 3.60. The van der Waals surface area contributed by atoms with Crippen molar-refractivity contribution in [2.24, 2.45) is 0 Å². The summed E-state index contributed by atoms with van der Waals surface area (Å²) in [5.41, 5.74) is 1.72. The second-order valence-electron chi connectivity index (χ2n) is 4.19. The van der Waals surface area contributed by atoms with E-state index in [4.69, 9.17) is 0 Å². The molecule has 2 atom stereocenters. The minimum Gasteiger partial charge on any atom is -0.508 e. The van der Waals surface area contributed by atoms with Gasteiger partial charge >= 0.3 is 5.97 Å². The number of phenols is 1. The number of esters is 1. The molecule has 4 heteroatoms. The molecule has 0 spiro atoms. The summed E-state index contributed by atoms with van der Waals surface area (Å²) < 4.78 is 4.52. The van der Waals surface area contributed by atoms with Crippen molar-refractivity contribution in [1.29, 1.82) is 0 Å². The van der Waals surface area contributed by atoms with E-state index >= 15 is 0 Å². The van der Waals surface area contributed by atoms with Gasteiger partial charge in [0.25, 0.3) is 0 Å². The van der Waals surface area contributed by atoms with Crippen LogP contribution in [0.25, 0.3) is 0 Å². The van der Waals surface area contributed by atoms with Gasteiger partial charge in [-0.15, -0.1) is 0 Å². The molecule has 0 aliphatic carbocycles. The van der Waals surface area contributed by atoms with Crippen molar-refractivity contribution in [3.63, 3.8) is 0 Å². The van der Waals surface area contributed by atoms with Gasteiger partial charge in [0, 0.05) is 12.0 Å². The van der Waals surface area contributed by atoms with Crippen molar-refractivity contribution in [3.8, 4) is 5.75 Å². The second kappa shape index (κ2) is 6.21. The fourth-order valence-electron chi connectivity index (χ4n) is 1.81. The van der Waals surface area contributed by atoms with Gasteiger partial charge in [0.2, 0.25) is 0 Å². The lowest BCUT2D eigenvalue weighted by Crippen LogP contribution is -2.14. The Kier molecular flexibility index (Phi) is 4.92. The lowest BCUT2D eigenvalue weighted by atomic mass is 9.90. The Bertz CT molecular complexity index is 449. The highest BCUT2D eigenvalue weighted by Gasteiger charge is 2.17. The monoisotopic (exact) mass is 250 g/mol. The molecule has 0 saturated heterocycles. The number of hydrogen-bond acceptors (Lipinski definition) is 4. The number of ether oxygens (including phenoxy) is 1. The first-order valence-corrected chi connectivity index (χ1v) is 5.69. The summed E-state index contributed by atoms with van der Waals surface area (Å²) in [6.45, 7) is 3.50. The van der Waals surface area contributed by atoms with E-state index in [2.05, 4.69) is 4.74 Å². The number of rotatable bonds is 4. The van der Waals surface area contributed by atoms with Crippen molar-refractivity contribution < 1.29 is 19.7 Å². The van der Waals surface area contributed by atoms with Gasteiger partial charge in [0.1, 0.15) is 5.75 Å². The topological polar surface area (TPSA) is 66.8 Å². The van der Waals surface area contributed by atoms with Crippen LogP contribution in [0.3, 0.4) is 0 Å². The molecule has 0 fully saturated rings. The SMILES string of the molecule is COC(=O)/C=C/C(c1ccc(O)cc1C)C(C)O. The van der Waals surface area contributed by atoms with E-state index in [0.29, 0.717) is 0 Å². The van der Waals surface area contributed by atoms with Crippen molar-refractivity contribution in [1.82, 2.24) is 0 Å². The molecule has 0 radical (unpaired) electrons. The number of aliphatic hydroxyl groups excluding tert-OH is 1. The number of aliphatic hydroxyl groups is 1. The van der Waals surface area contributed by atoms with E-state index in [1.54, 1.807) is 31.2 Å². The Morgan fingerprint density at radius 1 is 1.44 bits per heavy atom. The zero-order valence-electron chi connectivity index (χ0n) is 10.8. The normalized spacial score (nSPS) is 14.4. The Morgan fingerprint density at radius 2 is 2.11 bits per heavy atom. The van der Waals surface area contributed by atoms with Crippen molar-refractivity contribution >= 4 is 5.97 Å². The highest BCUT2D eigenvalue weighted by atomic mass is 16.5. The van der Waals surface area contributed by atoms with Gasteiger partial charge in [-0.1, -0.05) is 12.1 Å². The van der Waals surface area contributed by atoms with Crippen LogP contribution < -0.4 is 0 Å². The molecule has 0 heterocycles. The summed E-state index contributed by atoms with van der Waals surface area (Å²) >= 11 is 0. The van der Waals surface area contributed by atoms with E-state index in [1.165, 1.54) is 13.2 Å². The number of aromatic hydroxyl groups is 1. The molecule has 0 aliphatic heterocycles. The van der Waals surface area contributed by atoms with Gasteiger partial charge in [-0.05, 0) is 37.1 Å². The van der Waals surface area contributed by atoms with Gasteiger partial charge < -0.3 is 14.9 Å². The second-order valence-corrected chi connectivity index (χ2v) is 4.19. The lowest BCUT2D eigenvalue weighted by molar-refractivity contribution is -0.134. The average molecular weight is 250 g/mol. The number of carbonyl (C=O) groups is 1. The molecule has 0 aliphatic rings. The molecule has 98 valence electrons. The standard InChI is InChI=1S/C14H18O4/c1-9-8-11(16)4-5-12(9)13(10(2)15)6-7-14(17)18-3/h4-8,10,13,15-16H,1-3H3/b7-6+. The molecule has 0 saturated carbocycles. The maximum Gasteiger partial charge on any atom is 0.330 e. The quantitative estimate of drug-likeness (QED) is 0.632. The minimum atomic E-state index is -0.644. The molecular weight excluding hydrogens is 232 g/mol. The predicted molar refractivity (Wildman–Crippen MR) is 68.4 cm³/mol. The molecular formula is C14H18O4. The maximum atomic E-state index is 11.1. The number of phenolic OH excluding ortho intramolecular Hbond substituents is 1. The summed E-state index contributed by atoms with van der Waals surface area (Å²) in [5.74, 6) is -0.598. The van der Waals surface area contributed by atoms with E-state index in [0.717, 1.165) is 11.1 Å². The van der Waals surface area contributed by atoms with Crippen LogP contribution in [-0.2, 0) is 9.53 Å². The van der Waals surface area contributed by atoms with Gasteiger partial charge in [-0.3, -0.25) is 0 Å². The Labute approximate surface area is 107 Å².